The molecule has 0 bridgehead atoms. The van der Waals surface area contributed by atoms with Gasteiger partial charge in [-0.25, -0.2) is 0 Å². The molecule has 19 heavy (non-hydrogen) atoms. The molecule has 0 aromatic carbocycles. The Morgan fingerprint density at radius 2 is 1.00 bits per heavy atom. The Bertz CT molecular complexity index is 388. The van der Waals surface area contributed by atoms with E-state index in [-0.39, 0.29) is 5.54 Å². The van der Waals surface area contributed by atoms with E-state index in [2.05, 4.69) is 61.1 Å². The predicted octanol–water partition coefficient (Wildman–Crippen LogP) is 1.86. The molecule has 1 radical (unpaired) electrons. The van der Waals surface area contributed by atoms with Crippen LogP contribution in [0.15, 0.2) is 22.3 Å². The zero-order valence-corrected chi connectivity index (χ0v) is 16.3. The minimum absolute atomic E-state index is 0.250. The van der Waals surface area contributed by atoms with E-state index in [0.717, 1.165) is 0 Å². The molecule has 0 aromatic heterocycles. The number of rotatable bonds is 0. The van der Waals surface area contributed by atoms with Gasteiger partial charge < -0.3 is 5.73 Å². The summed E-state index contributed by atoms with van der Waals surface area (Å²) in [5.41, 5.74) is 9.89. The van der Waals surface area contributed by atoms with Crippen LogP contribution in [0.5, 0.6) is 0 Å². The van der Waals surface area contributed by atoms with Crippen molar-refractivity contribution < 1.29 is 33.9 Å². The Balaban J connectivity index is 0. The molecular formula is C14H27NO3W. The molecule has 4 nitrogen and oxygen atoms in total. The molecule has 0 heterocycles. The van der Waals surface area contributed by atoms with Crippen molar-refractivity contribution in [3.63, 3.8) is 0 Å². The third kappa shape index (κ3) is 11.2. The van der Waals surface area contributed by atoms with Crippen LogP contribution in [-0.4, -0.2) is 5.54 Å². The van der Waals surface area contributed by atoms with Gasteiger partial charge in [0.1, 0.15) is 0 Å². The molecule has 0 aromatic rings. The van der Waals surface area contributed by atoms with E-state index in [0.29, 0.717) is 0 Å². The summed E-state index contributed by atoms with van der Waals surface area (Å²) in [6, 6.07) is 0. The maximum absolute atomic E-state index is 8.61. The first kappa shape index (κ1) is 21.0. The van der Waals surface area contributed by atoms with Crippen LogP contribution in [0.25, 0.3) is 0 Å². The second kappa shape index (κ2) is 8.78. The first-order valence-electron chi connectivity index (χ1n) is 6.10. The fourth-order valence-corrected chi connectivity index (χ4v) is 1.41. The number of quaternary nitrogens is 1. The molecule has 1 aliphatic rings. The van der Waals surface area contributed by atoms with Gasteiger partial charge in [0.05, 0.1) is 5.54 Å². The van der Waals surface area contributed by atoms with Gasteiger partial charge in [0.15, 0.2) is 0 Å². The van der Waals surface area contributed by atoms with Crippen molar-refractivity contribution in [1.82, 2.24) is 0 Å². The van der Waals surface area contributed by atoms with Crippen LogP contribution in [-0.2, 0) is 24.4 Å². The molecule has 0 fully saturated rings. The van der Waals surface area contributed by atoms with E-state index < -0.39 is 17.6 Å². The molecule has 0 spiro atoms. The summed E-state index contributed by atoms with van der Waals surface area (Å²) in [6.45, 7) is 17.2. The second-order valence-electron chi connectivity index (χ2n) is 5.89. The molecule has 0 unspecified atom stereocenters. The monoisotopic (exact) mass is 441 g/mol. The third-order valence-corrected chi connectivity index (χ3v) is 2.81. The van der Waals surface area contributed by atoms with Crippen LogP contribution < -0.4 is 9.49 Å². The van der Waals surface area contributed by atoms with Crippen molar-refractivity contribution in [3.8, 4) is 0 Å². The van der Waals surface area contributed by atoms with Crippen LogP contribution >= 0.6 is 0 Å². The topological polar surface area (TPSA) is 84.8 Å². The molecular weight excluding hydrogens is 414 g/mol. The van der Waals surface area contributed by atoms with E-state index in [4.69, 9.17) is 10.6 Å². The van der Waals surface area contributed by atoms with Crippen molar-refractivity contribution >= 4 is 0 Å². The number of hydrogen-bond donors (Lipinski definition) is 1. The quantitative estimate of drug-likeness (QED) is 0.623. The molecule has 0 saturated heterocycles. The first-order chi connectivity index (χ1) is 8.29. The van der Waals surface area contributed by atoms with Crippen LogP contribution in [0.1, 0.15) is 55.4 Å². The van der Waals surface area contributed by atoms with Crippen molar-refractivity contribution in [3.05, 3.63) is 28.2 Å². The van der Waals surface area contributed by atoms with E-state index in [1.807, 2.05) is 0 Å². The van der Waals surface area contributed by atoms with Crippen molar-refractivity contribution in [2.45, 2.75) is 60.9 Å². The standard InChI is InChI=1S/C10H15.C4H11N.3O.W/c1-6-7(2)9(4)10(5)8(6)3;1-4(2,3)5;;;;/h1-5H3;5H2,1-3H3;;;;/q;;;;-1;/p+1. The molecule has 0 aliphatic heterocycles. The van der Waals surface area contributed by atoms with Crippen molar-refractivity contribution in [2.75, 3.05) is 0 Å². The summed E-state index contributed by atoms with van der Waals surface area (Å²) in [6.07, 6.45) is 0. The van der Waals surface area contributed by atoms with Gasteiger partial charge in [-0.3, -0.25) is 0 Å². The van der Waals surface area contributed by atoms with Crippen molar-refractivity contribution in [2.24, 2.45) is 0 Å². The van der Waals surface area contributed by atoms with Crippen LogP contribution in [0.3, 0.4) is 0 Å². The predicted molar refractivity (Wildman–Crippen MR) is 69.7 cm³/mol. The Morgan fingerprint density at radius 3 is 1.05 bits per heavy atom. The Labute approximate surface area is 123 Å². The SMILES string of the molecule is CC(C)(C)[NH3+].C[C]1C(C)=C(C)C(C)=C1C.[O]=[W](=[O])[O-]. The summed E-state index contributed by atoms with van der Waals surface area (Å²) in [5, 5.41) is 0. The molecule has 3 N–H and O–H groups in total. The van der Waals surface area contributed by atoms with Gasteiger partial charge in [-0.15, -0.1) is 0 Å². The molecule has 5 heteroatoms. The molecule has 112 valence electrons. The molecule has 1 rings (SSSR count). The average Bonchev–Trinajstić information content (AvgIpc) is 2.33. The summed E-state index contributed by atoms with van der Waals surface area (Å²) in [5.74, 6) is 1.47. The van der Waals surface area contributed by atoms with Gasteiger partial charge in [0.25, 0.3) is 0 Å². The van der Waals surface area contributed by atoms with Gasteiger partial charge in [-0.1, -0.05) is 18.1 Å². The fraction of sp³-hybridized carbons (Fsp3) is 0.643. The van der Waals surface area contributed by atoms with E-state index >= 15 is 0 Å². The van der Waals surface area contributed by atoms with Crippen LogP contribution in [0.4, 0.5) is 0 Å². The minimum atomic E-state index is -4.28. The zero-order chi connectivity index (χ0) is 16.0. The summed E-state index contributed by atoms with van der Waals surface area (Å²) >= 11 is -4.28. The molecule has 0 saturated carbocycles. The number of hydrogen-bond acceptors (Lipinski definition) is 3. The fourth-order valence-electron chi connectivity index (χ4n) is 1.41. The zero-order valence-electron chi connectivity index (χ0n) is 13.3. The van der Waals surface area contributed by atoms with Crippen LogP contribution in [0, 0.1) is 5.92 Å². The molecule has 0 atom stereocenters. The molecule has 0 amide bonds. The Hall–Kier alpha value is -0.312. The van der Waals surface area contributed by atoms with E-state index in [9.17, 15) is 0 Å². The van der Waals surface area contributed by atoms with Crippen LogP contribution in [0.2, 0.25) is 0 Å². The molecule has 1 aliphatic carbocycles. The number of allylic oxidation sites excluding steroid dienone is 4. The summed E-state index contributed by atoms with van der Waals surface area (Å²) < 4.78 is 25.8. The normalized spacial score (nSPS) is 15.7. The van der Waals surface area contributed by atoms with Gasteiger partial charge in [-0.05, 0) is 59.6 Å². The maximum atomic E-state index is 8.61. The second-order valence-corrected chi connectivity index (χ2v) is 7.36. The van der Waals surface area contributed by atoms with Gasteiger partial charge >= 0.3 is 28.2 Å². The average molecular weight is 441 g/mol. The van der Waals surface area contributed by atoms with E-state index in [1.54, 1.807) is 0 Å². The third-order valence-electron chi connectivity index (χ3n) is 2.81. The van der Waals surface area contributed by atoms with Crippen molar-refractivity contribution in [1.29, 1.82) is 0 Å². The summed E-state index contributed by atoms with van der Waals surface area (Å²) in [7, 11) is 0. The first-order valence-corrected chi connectivity index (χ1v) is 9.70. The van der Waals surface area contributed by atoms with Gasteiger partial charge in [0.2, 0.25) is 0 Å². The van der Waals surface area contributed by atoms with Gasteiger partial charge in [-0.2, -0.15) is 0 Å². The Morgan fingerprint density at radius 1 is 0.842 bits per heavy atom. The van der Waals surface area contributed by atoms with E-state index in [1.165, 1.54) is 28.2 Å². The Kier molecular flexibility index (Phi) is 9.70. The summed E-state index contributed by atoms with van der Waals surface area (Å²) in [4.78, 5) is 0. The van der Waals surface area contributed by atoms with Gasteiger partial charge in [0, 0.05) is 5.92 Å².